The molecule has 3 rings (SSSR count). The van der Waals surface area contributed by atoms with Crippen LogP contribution in [0.3, 0.4) is 0 Å². The fraction of sp³-hybridized carbons (Fsp3) is 0.105. The zero-order valence-electron chi connectivity index (χ0n) is 12.5. The van der Waals surface area contributed by atoms with Crippen LogP contribution in [0.4, 0.5) is 0 Å². The third-order valence-corrected chi connectivity index (χ3v) is 3.84. The summed E-state index contributed by atoms with van der Waals surface area (Å²) in [5.41, 5.74) is 0.472. The van der Waals surface area contributed by atoms with Gasteiger partial charge in [-0.05, 0) is 23.6 Å². The quantitative estimate of drug-likeness (QED) is 0.710. The van der Waals surface area contributed by atoms with Crippen molar-refractivity contribution < 1.29 is 9.53 Å². The lowest BCUT2D eigenvalue weighted by molar-refractivity contribution is 0.0947. The maximum atomic E-state index is 12.0. The Kier molecular flexibility index (Phi) is 4.79. The maximum Gasteiger partial charge on any atom is 0.252 e. The van der Waals surface area contributed by atoms with Crippen LogP contribution >= 0.6 is 11.6 Å². The first-order valence-electron chi connectivity index (χ1n) is 7.39. The summed E-state index contributed by atoms with van der Waals surface area (Å²) in [7, 11) is 0. The number of nitrogens with one attached hydrogen (secondary N) is 1. The van der Waals surface area contributed by atoms with Gasteiger partial charge in [0.2, 0.25) is 0 Å². The van der Waals surface area contributed by atoms with E-state index >= 15 is 0 Å². The van der Waals surface area contributed by atoms with E-state index in [4.69, 9.17) is 16.3 Å². The predicted molar refractivity (Wildman–Crippen MR) is 93.2 cm³/mol. The Hall–Kier alpha value is -2.52. The second kappa shape index (κ2) is 7.16. The molecule has 0 aliphatic heterocycles. The molecule has 0 saturated heterocycles. The molecule has 0 saturated carbocycles. The summed E-state index contributed by atoms with van der Waals surface area (Å²) in [5, 5.41) is 5.45. The SMILES string of the molecule is O=C(NCCOc1cccc2ccccc12)c1ccccc1Cl. The molecule has 0 aliphatic rings. The van der Waals surface area contributed by atoms with Crippen molar-refractivity contribution in [3.05, 3.63) is 77.3 Å². The summed E-state index contributed by atoms with van der Waals surface area (Å²) >= 11 is 6.00. The summed E-state index contributed by atoms with van der Waals surface area (Å²) < 4.78 is 5.79. The number of ether oxygens (including phenoxy) is 1. The number of hydrogen-bond donors (Lipinski definition) is 1. The van der Waals surface area contributed by atoms with E-state index in [0.717, 1.165) is 16.5 Å². The first kappa shape index (κ1) is 15.4. The van der Waals surface area contributed by atoms with E-state index in [1.807, 2.05) is 42.5 Å². The molecule has 3 nitrogen and oxygen atoms in total. The van der Waals surface area contributed by atoms with Crippen LogP contribution in [0.5, 0.6) is 5.75 Å². The van der Waals surface area contributed by atoms with Crippen LogP contribution in [-0.2, 0) is 0 Å². The molecule has 3 aromatic carbocycles. The topological polar surface area (TPSA) is 38.3 Å². The number of rotatable bonds is 5. The molecule has 23 heavy (non-hydrogen) atoms. The normalized spacial score (nSPS) is 10.5. The largest absolute Gasteiger partial charge is 0.491 e. The standard InChI is InChI=1S/C19H16ClNO2/c20-17-10-4-3-9-16(17)19(22)21-12-13-23-18-11-5-7-14-6-1-2-8-15(14)18/h1-11H,12-13H2,(H,21,22). The first-order chi connectivity index (χ1) is 11.3. The van der Waals surface area contributed by atoms with Crippen molar-refractivity contribution >= 4 is 28.3 Å². The van der Waals surface area contributed by atoms with Gasteiger partial charge in [-0.3, -0.25) is 4.79 Å². The van der Waals surface area contributed by atoms with Gasteiger partial charge in [0.05, 0.1) is 17.1 Å². The molecule has 0 fully saturated rings. The molecule has 0 heterocycles. The lowest BCUT2D eigenvalue weighted by atomic mass is 10.1. The molecule has 0 bridgehead atoms. The van der Waals surface area contributed by atoms with Crippen molar-refractivity contribution in [2.24, 2.45) is 0 Å². The summed E-state index contributed by atoms with van der Waals surface area (Å²) in [6.45, 7) is 0.803. The monoisotopic (exact) mass is 325 g/mol. The zero-order valence-corrected chi connectivity index (χ0v) is 13.2. The van der Waals surface area contributed by atoms with Crippen molar-refractivity contribution in [3.63, 3.8) is 0 Å². The Bertz CT molecular complexity index is 827. The first-order valence-corrected chi connectivity index (χ1v) is 7.77. The van der Waals surface area contributed by atoms with Gasteiger partial charge in [0, 0.05) is 5.39 Å². The molecule has 0 spiro atoms. The minimum Gasteiger partial charge on any atom is -0.491 e. The molecular formula is C19H16ClNO2. The molecule has 116 valence electrons. The number of carbonyl (C=O) groups excluding carboxylic acids is 1. The lowest BCUT2D eigenvalue weighted by Gasteiger charge is -2.10. The van der Waals surface area contributed by atoms with Gasteiger partial charge >= 0.3 is 0 Å². The fourth-order valence-corrected chi connectivity index (χ4v) is 2.61. The van der Waals surface area contributed by atoms with Crippen LogP contribution in [0.2, 0.25) is 5.02 Å². The van der Waals surface area contributed by atoms with Gasteiger partial charge in [0.1, 0.15) is 12.4 Å². The van der Waals surface area contributed by atoms with E-state index in [1.54, 1.807) is 24.3 Å². The lowest BCUT2D eigenvalue weighted by Crippen LogP contribution is -2.28. The fourth-order valence-electron chi connectivity index (χ4n) is 2.39. The number of amides is 1. The Labute approximate surface area is 139 Å². The number of halogens is 1. The van der Waals surface area contributed by atoms with E-state index in [0.29, 0.717) is 23.7 Å². The van der Waals surface area contributed by atoms with Crippen LogP contribution in [0.15, 0.2) is 66.7 Å². The van der Waals surface area contributed by atoms with Crippen LogP contribution in [-0.4, -0.2) is 19.1 Å². The minimum absolute atomic E-state index is 0.197. The average molecular weight is 326 g/mol. The zero-order chi connectivity index (χ0) is 16.1. The molecule has 1 N–H and O–H groups in total. The van der Waals surface area contributed by atoms with E-state index in [2.05, 4.69) is 5.32 Å². The summed E-state index contributed by atoms with van der Waals surface area (Å²) in [4.78, 5) is 12.0. The van der Waals surface area contributed by atoms with Crippen molar-refractivity contribution in [3.8, 4) is 5.75 Å². The van der Waals surface area contributed by atoms with Gasteiger partial charge in [-0.25, -0.2) is 0 Å². The average Bonchev–Trinajstić information content (AvgIpc) is 2.59. The van der Waals surface area contributed by atoms with Crippen molar-refractivity contribution in [1.29, 1.82) is 0 Å². The Balaban J connectivity index is 1.57. The minimum atomic E-state index is -0.197. The third-order valence-electron chi connectivity index (χ3n) is 3.51. The maximum absolute atomic E-state index is 12.0. The highest BCUT2D eigenvalue weighted by atomic mass is 35.5. The molecule has 0 radical (unpaired) electrons. The second-order valence-electron chi connectivity index (χ2n) is 5.06. The smallest absolute Gasteiger partial charge is 0.252 e. The number of carbonyl (C=O) groups is 1. The van der Waals surface area contributed by atoms with Crippen LogP contribution in [0, 0.1) is 0 Å². The molecule has 0 atom stereocenters. The van der Waals surface area contributed by atoms with Gasteiger partial charge in [-0.2, -0.15) is 0 Å². The van der Waals surface area contributed by atoms with Crippen molar-refractivity contribution in [2.75, 3.05) is 13.2 Å². The molecule has 0 aliphatic carbocycles. The third kappa shape index (κ3) is 3.63. The highest BCUT2D eigenvalue weighted by Crippen LogP contribution is 2.24. The molecule has 1 amide bonds. The Morgan fingerprint density at radius 1 is 0.957 bits per heavy atom. The second-order valence-corrected chi connectivity index (χ2v) is 5.47. The van der Waals surface area contributed by atoms with Gasteiger partial charge in [-0.15, -0.1) is 0 Å². The molecule has 3 aromatic rings. The summed E-state index contributed by atoms with van der Waals surface area (Å²) in [6.07, 6.45) is 0. The predicted octanol–water partition coefficient (Wildman–Crippen LogP) is 4.30. The van der Waals surface area contributed by atoms with Crippen LogP contribution in [0.25, 0.3) is 10.8 Å². The highest BCUT2D eigenvalue weighted by Gasteiger charge is 2.08. The van der Waals surface area contributed by atoms with Crippen LogP contribution in [0.1, 0.15) is 10.4 Å². The van der Waals surface area contributed by atoms with Gasteiger partial charge in [-0.1, -0.05) is 60.1 Å². The summed E-state index contributed by atoms with van der Waals surface area (Å²) in [5.74, 6) is 0.618. The highest BCUT2D eigenvalue weighted by molar-refractivity contribution is 6.33. The molecular weight excluding hydrogens is 310 g/mol. The Morgan fingerprint density at radius 3 is 2.57 bits per heavy atom. The summed E-state index contributed by atoms with van der Waals surface area (Å²) in [6, 6.07) is 20.9. The van der Waals surface area contributed by atoms with E-state index in [1.165, 1.54) is 0 Å². The molecule has 0 aromatic heterocycles. The van der Waals surface area contributed by atoms with Crippen molar-refractivity contribution in [1.82, 2.24) is 5.32 Å². The Morgan fingerprint density at radius 2 is 1.70 bits per heavy atom. The van der Waals surface area contributed by atoms with Gasteiger partial charge < -0.3 is 10.1 Å². The van der Waals surface area contributed by atoms with E-state index in [-0.39, 0.29) is 5.91 Å². The van der Waals surface area contributed by atoms with Crippen molar-refractivity contribution in [2.45, 2.75) is 0 Å². The molecule has 4 heteroatoms. The van der Waals surface area contributed by atoms with E-state index in [9.17, 15) is 4.79 Å². The van der Waals surface area contributed by atoms with Crippen LogP contribution < -0.4 is 10.1 Å². The number of fused-ring (bicyclic) bond motifs is 1. The van der Waals surface area contributed by atoms with Gasteiger partial charge in [0.15, 0.2) is 0 Å². The number of benzene rings is 3. The molecule has 0 unspecified atom stereocenters. The number of hydrogen-bond acceptors (Lipinski definition) is 2. The van der Waals surface area contributed by atoms with Gasteiger partial charge in [0.25, 0.3) is 5.91 Å². The van der Waals surface area contributed by atoms with E-state index < -0.39 is 0 Å².